The Morgan fingerprint density at radius 2 is 1.58 bits per heavy atom. The van der Waals surface area contributed by atoms with Crippen molar-refractivity contribution >= 4 is 23.2 Å². The van der Waals surface area contributed by atoms with E-state index in [0.717, 1.165) is 0 Å². The molecule has 1 N–H and O–H groups in total. The van der Waals surface area contributed by atoms with Gasteiger partial charge < -0.3 is 5.32 Å². The molecular formula is C14H11Cl2F2N. The second kappa shape index (κ2) is 5.87. The third-order valence-electron chi connectivity index (χ3n) is 2.87. The molecule has 0 aromatic heterocycles. The Balaban J connectivity index is 2.60. The maximum absolute atomic E-state index is 13.8. The van der Waals surface area contributed by atoms with Crippen molar-refractivity contribution in [2.45, 2.75) is 6.04 Å². The molecule has 2 aromatic rings. The molecule has 1 unspecified atom stereocenters. The zero-order valence-electron chi connectivity index (χ0n) is 10.1. The van der Waals surface area contributed by atoms with Gasteiger partial charge in [0.1, 0.15) is 11.6 Å². The molecule has 2 aromatic carbocycles. The number of benzene rings is 2. The summed E-state index contributed by atoms with van der Waals surface area (Å²) >= 11 is 12.0. The molecule has 0 aliphatic rings. The van der Waals surface area contributed by atoms with E-state index in [1.54, 1.807) is 25.2 Å². The first-order chi connectivity index (χ1) is 9.06. The maximum atomic E-state index is 13.8. The highest BCUT2D eigenvalue weighted by Gasteiger charge is 2.23. The molecule has 0 spiro atoms. The summed E-state index contributed by atoms with van der Waals surface area (Å²) in [7, 11) is 1.60. The van der Waals surface area contributed by atoms with E-state index >= 15 is 0 Å². The van der Waals surface area contributed by atoms with Crippen molar-refractivity contribution in [3.8, 4) is 0 Å². The minimum Gasteiger partial charge on any atom is -0.309 e. The summed E-state index contributed by atoms with van der Waals surface area (Å²) in [5, 5.41) is 3.49. The van der Waals surface area contributed by atoms with Crippen molar-refractivity contribution < 1.29 is 8.78 Å². The van der Waals surface area contributed by atoms with Crippen LogP contribution in [0.3, 0.4) is 0 Å². The second-order valence-electron chi connectivity index (χ2n) is 4.00. The molecule has 0 aliphatic carbocycles. The van der Waals surface area contributed by atoms with E-state index in [1.165, 1.54) is 18.2 Å². The van der Waals surface area contributed by atoms with Crippen LogP contribution in [0.4, 0.5) is 8.78 Å². The van der Waals surface area contributed by atoms with E-state index in [-0.39, 0.29) is 10.6 Å². The van der Waals surface area contributed by atoms with Crippen molar-refractivity contribution in [1.29, 1.82) is 0 Å². The van der Waals surface area contributed by atoms with Gasteiger partial charge in [0, 0.05) is 5.56 Å². The van der Waals surface area contributed by atoms with Crippen LogP contribution in [-0.4, -0.2) is 7.05 Å². The minimum atomic E-state index is -0.701. The summed E-state index contributed by atoms with van der Waals surface area (Å²) in [6.07, 6.45) is 0. The second-order valence-corrected chi connectivity index (χ2v) is 4.79. The van der Waals surface area contributed by atoms with E-state index in [0.29, 0.717) is 10.6 Å². The van der Waals surface area contributed by atoms with Crippen molar-refractivity contribution in [1.82, 2.24) is 5.32 Å². The molecule has 0 heterocycles. The monoisotopic (exact) mass is 301 g/mol. The first-order valence-corrected chi connectivity index (χ1v) is 6.37. The van der Waals surface area contributed by atoms with Gasteiger partial charge >= 0.3 is 0 Å². The first-order valence-electron chi connectivity index (χ1n) is 5.61. The Hall–Kier alpha value is -1.16. The maximum Gasteiger partial charge on any atom is 0.131 e. The lowest BCUT2D eigenvalue weighted by Gasteiger charge is -2.20. The Kier molecular flexibility index (Phi) is 4.40. The molecule has 100 valence electrons. The van der Waals surface area contributed by atoms with Crippen LogP contribution in [0.5, 0.6) is 0 Å². The lowest BCUT2D eigenvalue weighted by molar-refractivity contribution is 0.522. The summed E-state index contributed by atoms with van der Waals surface area (Å²) in [4.78, 5) is 0. The van der Waals surface area contributed by atoms with Crippen LogP contribution in [-0.2, 0) is 0 Å². The van der Waals surface area contributed by atoms with Gasteiger partial charge in [-0.3, -0.25) is 0 Å². The molecule has 2 rings (SSSR count). The predicted octanol–water partition coefficient (Wildman–Crippen LogP) is 4.58. The fraction of sp³-hybridized carbons (Fsp3) is 0.143. The quantitative estimate of drug-likeness (QED) is 0.875. The number of hydrogen-bond donors (Lipinski definition) is 1. The molecule has 0 radical (unpaired) electrons. The highest BCUT2D eigenvalue weighted by Crippen LogP contribution is 2.34. The molecule has 1 nitrogen and oxygen atoms in total. The Labute approximate surface area is 120 Å². The van der Waals surface area contributed by atoms with E-state index in [2.05, 4.69) is 5.32 Å². The molecule has 0 saturated carbocycles. The van der Waals surface area contributed by atoms with E-state index in [4.69, 9.17) is 23.2 Å². The van der Waals surface area contributed by atoms with Crippen LogP contribution < -0.4 is 5.32 Å². The Morgan fingerprint density at radius 3 is 2.16 bits per heavy atom. The first kappa shape index (κ1) is 14.3. The highest BCUT2D eigenvalue weighted by molar-refractivity contribution is 6.42. The van der Waals surface area contributed by atoms with Gasteiger partial charge in [-0.05, 0) is 30.8 Å². The van der Waals surface area contributed by atoms with Crippen LogP contribution in [0.15, 0.2) is 36.4 Å². The van der Waals surface area contributed by atoms with Gasteiger partial charge in [-0.1, -0.05) is 41.4 Å². The van der Waals surface area contributed by atoms with Crippen molar-refractivity contribution in [2.75, 3.05) is 7.05 Å². The molecule has 0 amide bonds. The third kappa shape index (κ3) is 2.73. The zero-order valence-corrected chi connectivity index (χ0v) is 11.6. The fourth-order valence-electron chi connectivity index (χ4n) is 1.99. The van der Waals surface area contributed by atoms with Gasteiger partial charge in [0.15, 0.2) is 0 Å². The number of hydrogen-bond acceptors (Lipinski definition) is 1. The van der Waals surface area contributed by atoms with Crippen molar-refractivity contribution in [3.63, 3.8) is 0 Å². The predicted molar refractivity (Wildman–Crippen MR) is 73.7 cm³/mol. The topological polar surface area (TPSA) is 12.0 Å². The van der Waals surface area contributed by atoms with Gasteiger partial charge in [-0.15, -0.1) is 0 Å². The molecular weight excluding hydrogens is 291 g/mol. The van der Waals surface area contributed by atoms with E-state index in [9.17, 15) is 8.78 Å². The van der Waals surface area contributed by atoms with Gasteiger partial charge in [0.05, 0.1) is 16.1 Å². The summed E-state index contributed by atoms with van der Waals surface area (Å²) in [6.45, 7) is 0. The molecule has 0 saturated heterocycles. The largest absolute Gasteiger partial charge is 0.309 e. The zero-order chi connectivity index (χ0) is 14.0. The van der Waals surface area contributed by atoms with Crippen molar-refractivity contribution in [3.05, 3.63) is 69.2 Å². The van der Waals surface area contributed by atoms with Crippen LogP contribution in [0, 0.1) is 11.6 Å². The van der Waals surface area contributed by atoms with Gasteiger partial charge in [0.25, 0.3) is 0 Å². The summed E-state index contributed by atoms with van der Waals surface area (Å²) in [6, 6.07) is 8.03. The average molecular weight is 302 g/mol. The summed E-state index contributed by atoms with van der Waals surface area (Å²) in [5.74, 6) is -1.26. The molecule has 0 aliphatic heterocycles. The smallest absolute Gasteiger partial charge is 0.131 e. The van der Waals surface area contributed by atoms with Gasteiger partial charge in [-0.25, -0.2) is 8.78 Å². The minimum absolute atomic E-state index is 0.0748. The molecule has 1 atom stereocenters. The van der Waals surface area contributed by atoms with Crippen LogP contribution >= 0.6 is 23.2 Å². The number of halogens is 4. The highest BCUT2D eigenvalue weighted by atomic mass is 35.5. The lowest BCUT2D eigenvalue weighted by Crippen LogP contribution is -2.20. The molecule has 19 heavy (non-hydrogen) atoms. The van der Waals surface area contributed by atoms with E-state index < -0.39 is 17.7 Å². The van der Waals surface area contributed by atoms with Crippen LogP contribution in [0.25, 0.3) is 0 Å². The standard InChI is InChI=1S/C14H11Cl2F2N/c1-19-14(8-4-2-5-9(15)13(8)16)12-10(17)6-3-7-11(12)18/h2-7,14,19H,1H3. The van der Waals surface area contributed by atoms with Crippen molar-refractivity contribution in [2.24, 2.45) is 0 Å². The average Bonchev–Trinajstić information content (AvgIpc) is 2.38. The summed E-state index contributed by atoms with van der Waals surface area (Å²) in [5.41, 5.74) is 0.454. The van der Waals surface area contributed by atoms with Gasteiger partial charge in [0.2, 0.25) is 0 Å². The normalized spacial score (nSPS) is 12.5. The third-order valence-corrected chi connectivity index (χ3v) is 3.70. The van der Waals surface area contributed by atoms with E-state index in [1.807, 2.05) is 0 Å². The molecule has 0 fully saturated rings. The number of nitrogens with one attached hydrogen (secondary N) is 1. The summed E-state index contributed by atoms with van der Waals surface area (Å²) < 4.78 is 27.7. The van der Waals surface area contributed by atoms with Crippen LogP contribution in [0.1, 0.15) is 17.2 Å². The van der Waals surface area contributed by atoms with Crippen LogP contribution in [0.2, 0.25) is 10.0 Å². The number of rotatable bonds is 3. The lowest BCUT2D eigenvalue weighted by atomic mass is 9.97. The molecule has 5 heteroatoms. The molecule has 0 bridgehead atoms. The SMILES string of the molecule is CNC(c1cccc(Cl)c1Cl)c1c(F)cccc1F. The Morgan fingerprint density at radius 1 is 1.00 bits per heavy atom. The van der Waals surface area contributed by atoms with Gasteiger partial charge in [-0.2, -0.15) is 0 Å². The fourth-order valence-corrected chi connectivity index (χ4v) is 2.40. The Bertz CT molecular complexity index is 582.